The molecule has 0 aromatic carbocycles. The van der Waals surface area contributed by atoms with Gasteiger partial charge in [-0.05, 0) is 24.3 Å². The summed E-state index contributed by atoms with van der Waals surface area (Å²) in [6.45, 7) is 0.545. The van der Waals surface area contributed by atoms with Crippen LogP contribution in [0.2, 0.25) is 0 Å². The molecule has 3 aromatic rings. The third kappa shape index (κ3) is 2.91. The summed E-state index contributed by atoms with van der Waals surface area (Å²) in [6.07, 6.45) is 3.21. The van der Waals surface area contributed by atoms with Crippen molar-refractivity contribution in [1.29, 1.82) is 0 Å². The second-order valence-electron chi connectivity index (χ2n) is 4.26. The fraction of sp³-hybridized carbons (Fsp3) is 0.333. The quantitative estimate of drug-likeness (QED) is 0.737. The zero-order valence-electron chi connectivity index (χ0n) is 10.6. The molecule has 20 heavy (non-hydrogen) atoms. The van der Waals surface area contributed by atoms with Crippen LogP contribution >= 0.6 is 11.3 Å². The van der Waals surface area contributed by atoms with Crippen molar-refractivity contribution in [2.75, 3.05) is 6.61 Å². The van der Waals surface area contributed by atoms with Gasteiger partial charge in [-0.1, -0.05) is 10.4 Å². The standard InChI is InChI=1S/C12H13N5O2S/c18-4-1-2-10-6-17(16-14-10)7-11-13-12(15-19-11)9-3-5-20-8-9/h3,5-6,8,18H,1-2,4,7H2. The zero-order chi connectivity index (χ0) is 13.8. The monoisotopic (exact) mass is 291 g/mol. The van der Waals surface area contributed by atoms with Crippen molar-refractivity contribution in [2.45, 2.75) is 19.4 Å². The van der Waals surface area contributed by atoms with E-state index in [1.54, 1.807) is 16.0 Å². The predicted octanol–water partition coefficient (Wildman–Crippen LogP) is 1.36. The van der Waals surface area contributed by atoms with Crippen LogP contribution in [-0.2, 0) is 13.0 Å². The number of rotatable bonds is 6. The van der Waals surface area contributed by atoms with Gasteiger partial charge in [-0.25, -0.2) is 4.68 Å². The van der Waals surface area contributed by atoms with Gasteiger partial charge < -0.3 is 9.63 Å². The van der Waals surface area contributed by atoms with Crippen LogP contribution in [0.3, 0.4) is 0 Å². The van der Waals surface area contributed by atoms with Crippen LogP contribution in [0.15, 0.2) is 27.5 Å². The first kappa shape index (κ1) is 12.9. The molecule has 0 amide bonds. The number of aryl methyl sites for hydroxylation is 1. The summed E-state index contributed by atoms with van der Waals surface area (Å²) in [5.74, 6) is 1.08. The second-order valence-corrected chi connectivity index (χ2v) is 5.04. The van der Waals surface area contributed by atoms with Gasteiger partial charge in [-0.3, -0.25) is 0 Å². The Kier molecular flexibility index (Phi) is 3.84. The van der Waals surface area contributed by atoms with E-state index in [9.17, 15) is 0 Å². The fourth-order valence-electron chi connectivity index (χ4n) is 1.76. The molecule has 0 aliphatic heterocycles. The van der Waals surface area contributed by atoms with Crippen LogP contribution in [0.4, 0.5) is 0 Å². The molecule has 0 fully saturated rings. The van der Waals surface area contributed by atoms with Gasteiger partial charge in [0.2, 0.25) is 11.7 Å². The van der Waals surface area contributed by atoms with E-state index in [0.29, 0.717) is 31.1 Å². The predicted molar refractivity (Wildman–Crippen MR) is 72.1 cm³/mol. The summed E-state index contributed by atoms with van der Waals surface area (Å²) >= 11 is 1.59. The maximum Gasteiger partial charge on any atom is 0.248 e. The number of hydrogen-bond donors (Lipinski definition) is 1. The number of nitrogens with zero attached hydrogens (tertiary/aromatic N) is 5. The zero-order valence-corrected chi connectivity index (χ0v) is 11.5. The Bertz CT molecular complexity index is 661. The summed E-state index contributed by atoms with van der Waals surface area (Å²) in [5.41, 5.74) is 1.80. The Balaban J connectivity index is 1.67. The largest absolute Gasteiger partial charge is 0.396 e. The maximum absolute atomic E-state index is 8.78. The Hall–Kier alpha value is -2.06. The van der Waals surface area contributed by atoms with Gasteiger partial charge in [0, 0.05) is 23.7 Å². The number of aliphatic hydroxyl groups excluding tert-OH is 1. The van der Waals surface area contributed by atoms with Gasteiger partial charge in [0.15, 0.2) is 0 Å². The fourth-order valence-corrected chi connectivity index (χ4v) is 2.39. The van der Waals surface area contributed by atoms with Crippen molar-refractivity contribution < 1.29 is 9.63 Å². The lowest BCUT2D eigenvalue weighted by Crippen LogP contribution is -2.00. The molecule has 8 heteroatoms. The molecule has 0 bridgehead atoms. The molecule has 1 N–H and O–H groups in total. The van der Waals surface area contributed by atoms with E-state index in [1.165, 1.54) is 0 Å². The van der Waals surface area contributed by atoms with Crippen LogP contribution < -0.4 is 0 Å². The van der Waals surface area contributed by atoms with Gasteiger partial charge in [0.05, 0.1) is 5.69 Å². The van der Waals surface area contributed by atoms with E-state index in [0.717, 1.165) is 11.3 Å². The van der Waals surface area contributed by atoms with Gasteiger partial charge in [-0.2, -0.15) is 16.3 Å². The highest BCUT2D eigenvalue weighted by Gasteiger charge is 2.10. The molecule has 0 aliphatic rings. The average molecular weight is 291 g/mol. The van der Waals surface area contributed by atoms with Crippen molar-refractivity contribution in [3.05, 3.63) is 34.6 Å². The highest BCUT2D eigenvalue weighted by Crippen LogP contribution is 2.18. The lowest BCUT2D eigenvalue weighted by atomic mass is 10.3. The Morgan fingerprint density at radius 2 is 2.35 bits per heavy atom. The highest BCUT2D eigenvalue weighted by atomic mass is 32.1. The van der Waals surface area contributed by atoms with Crippen LogP contribution in [0.5, 0.6) is 0 Å². The summed E-state index contributed by atoms with van der Waals surface area (Å²) in [6, 6.07) is 1.95. The van der Waals surface area contributed by atoms with Crippen LogP contribution in [0, 0.1) is 0 Å². The molecule has 104 valence electrons. The van der Waals surface area contributed by atoms with E-state index in [2.05, 4.69) is 20.5 Å². The van der Waals surface area contributed by atoms with Gasteiger partial charge in [-0.15, -0.1) is 5.10 Å². The third-order valence-electron chi connectivity index (χ3n) is 2.72. The maximum atomic E-state index is 8.78. The van der Waals surface area contributed by atoms with E-state index in [-0.39, 0.29) is 6.61 Å². The Morgan fingerprint density at radius 3 is 3.15 bits per heavy atom. The molecule has 3 heterocycles. The minimum absolute atomic E-state index is 0.153. The van der Waals surface area contributed by atoms with Crippen LogP contribution in [-0.4, -0.2) is 36.8 Å². The molecule has 0 unspecified atom stereocenters. The van der Waals surface area contributed by atoms with Crippen molar-refractivity contribution in [3.8, 4) is 11.4 Å². The molecule has 3 rings (SSSR count). The smallest absolute Gasteiger partial charge is 0.248 e. The highest BCUT2D eigenvalue weighted by molar-refractivity contribution is 7.08. The van der Waals surface area contributed by atoms with E-state index < -0.39 is 0 Å². The Labute approximate surface area is 118 Å². The third-order valence-corrected chi connectivity index (χ3v) is 3.41. The lowest BCUT2D eigenvalue weighted by Gasteiger charge is -1.92. The molecule has 0 aliphatic carbocycles. The first-order chi connectivity index (χ1) is 9.85. The summed E-state index contributed by atoms with van der Waals surface area (Å²) in [7, 11) is 0. The van der Waals surface area contributed by atoms with Crippen LogP contribution in [0.25, 0.3) is 11.4 Å². The number of thiophene rings is 1. The van der Waals surface area contributed by atoms with Crippen LogP contribution in [0.1, 0.15) is 18.0 Å². The molecule has 0 saturated heterocycles. The normalized spacial score (nSPS) is 11.1. The number of aliphatic hydroxyl groups is 1. The molecular formula is C12H13N5O2S. The minimum Gasteiger partial charge on any atom is -0.396 e. The van der Waals surface area contributed by atoms with E-state index in [1.807, 2.05) is 23.0 Å². The first-order valence-electron chi connectivity index (χ1n) is 6.20. The average Bonchev–Trinajstić information content (AvgIpc) is 3.18. The lowest BCUT2D eigenvalue weighted by molar-refractivity contribution is 0.288. The SMILES string of the molecule is OCCCc1cn(Cc2nc(-c3ccsc3)no2)nn1. The van der Waals surface area contributed by atoms with E-state index >= 15 is 0 Å². The summed E-state index contributed by atoms with van der Waals surface area (Å²) < 4.78 is 6.85. The van der Waals surface area contributed by atoms with E-state index in [4.69, 9.17) is 9.63 Å². The minimum atomic E-state index is 0.153. The van der Waals surface area contributed by atoms with Gasteiger partial charge >= 0.3 is 0 Å². The molecule has 0 radical (unpaired) electrons. The summed E-state index contributed by atoms with van der Waals surface area (Å²) in [4.78, 5) is 4.32. The number of hydrogen-bond acceptors (Lipinski definition) is 7. The van der Waals surface area contributed by atoms with Gasteiger partial charge in [0.1, 0.15) is 6.54 Å². The molecule has 0 spiro atoms. The van der Waals surface area contributed by atoms with Gasteiger partial charge in [0.25, 0.3) is 0 Å². The van der Waals surface area contributed by atoms with Crippen molar-refractivity contribution >= 4 is 11.3 Å². The Morgan fingerprint density at radius 1 is 1.40 bits per heavy atom. The van der Waals surface area contributed by atoms with Crippen molar-refractivity contribution in [2.24, 2.45) is 0 Å². The molecular weight excluding hydrogens is 278 g/mol. The molecule has 0 atom stereocenters. The molecule has 3 aromatic heterocycles. The summed E-state index contributed by atoms with van der Waals surface area (Å²) in [5, 5.41) is 24.7. The van der Waals surface area contributed by atoms with Crippen molar-refractivity contribution in [1.82, 2.24) is 25.1 Å². The topological polar surface area (TPSA) is 89.9 Å². The van der Waals surface area contributed by atoms with Crippen molar-refractivity contribution in [3.63, 3.8) is 0 Å². The number of aromatic nitrogens is 5. The molecule has 7 nitrogen and oxygen atoms in total. The second kappa shape index (κ2) is 5.93. The first-order valence-corrected chi connectivity index (χ1v) is 7.14. The molecule has 0 saturated carbocycles.